The topological polar surface area (TPSA) is 125 Å². The van der Waals surface area contributed by atoms with Gasteiger partial charge < -0.3 is 19.6 Å². The Morgan fingerprint density at radius 1 is 1.26 bits per heavy atom. The number of nitrogen functional groups attached to an aromatic ring is 1. The molecule has 4 aromatic heterocycles. The Bertz CT molecular complexity index is 1230. The van der Waals surface area contributed by atoms with Gasteiger partial charge >= 0.3 is 0 Å². The second-order valence-corrected chi connectivity index (χ2v) is 7.51. The van der Waals surface area contributed by atoms with Gasteiger partial charge in [-0.2, -0.15) is 19.6 Å². The quantitative estimate of drug-likeness (QED) is 0.355. The van der Waals surface area contributed by atoms with Crippen molar-refractivity contribution in [2.24, 2.45) is 0 Å². The van der Waals surface area contributed by atoms with E-state index in [0.29, 0.717) is 54.9 Å². The first-order chi connectivity index (χ1) is 15.1. The summed E-state index contributed by atoms with van der Waals surface area (Å²) in [5, 5.41) is 15.2. The lowest BCUT2D eigenvalue weighted by atomic mass is 10.1. The number of aryl methyl sites for hydroxylation is 1. The number of anilines is 1. The summed E-state index contributed by atoms with van der Waals surface area (Å²) in [7, 11) is 0. The van der Waals surface area contributed by atoms with Gasteiger partial charge in [-0.05, 0) is 31.5 Å². The summed E-state index contributed by atoms with van der Waals surface area (Å²) in [5.41, 5.74) is 8.64. The number of nitrogens with zero attached hydrogens (tertiary/aromatic N) is 5. The second-order valence-electron chi connectivity index (χ2n) is 7.51. The van der Waals surface area contributed by atoms with Crippen molar-refractivity contribution in [2.75, 3.05) is 18.9 Å². The molecule has 1 aliphatic heterocycles. The van der Waals surface area contributed by atoms with E-state index >= 15 is 0 Å². The van der Waals surface area contributed by atoms with Crippen molar-refractivity contribution >= 4 is 11.6 Å². The average molecular weight is 423 g/mol. The maximum atomic E-state index is 10.7. The number of pyridine rings is 1. The molecule has 1 aliphatic rings. The van der Waals surface area contributed by atoms with Crippen LogP contribution in [0.4, 0.5) is 5.95 Å². The second kappa shape index (κ2) is 7.97. The Hall–Kier alpha value is -3.50. The SMILES string of the molecule is Cc1ccc(-c2nc(N)nc3c(Cc4cccc(CO[C@H]5CCOC5)[n+]4O)cnn23)o1. The van der Waals surface area contributed by atoms with E-state index in [2.05, 4.69) is 15.1 Å². The molecule has 5 rings (SSSR count). The molecule has 31 heavy (non-hydrogen) atoms. The summed E-state index contributed by atoms with van der Waals surface area (Å²) in [6.45, 7) is 3.45. The van der Waals surface area contributed by atoms with Gasteiger partial charge in [-0.15, -0.1) is 0 Å². The maximum Gasteiger partial charge on any atom is 0.259 e. The number of furan rings is 1. The molecule has 10 heteroatoms. The monoisotopic (exact) mass is 423 g/mol. The lowest BCUT2D eigenvalue weighted by Gasteiger charge is -2.08. The summed E-state index contributed by atoms with van der Waals surface area (Å²) in [4.78, 5) is 8.65. The van der Waals surface area contributed by atoms with Gasteiger partial charge in [0.15, 0.2) is 11.4 Å². The summed E-state index contributed by atoms with van der Waals surface area (Å²) in [6, 6.07) is 9.22. The van der Waals surface area contributed by atoms with E-state index in [1.165, 1.54) is 0 Å². The minimum absolute atomic E-state index is 0.0617. The lowest BCUT2D eigenvalue weighted by Crippen LogP contribution is -2.40. The Morgan fingerprint density at radius 2 is 2.13 bits per heavy atom. The Kier molecular flexibility index (Phi) is 5.00. The molecule has 1 saturated heterocycles. The number of nitrogens with two attached hydrogens (primary N) is 1. The van der Waals surface area contributed by atoms with Crippen molar-refractivity contribution in [3.8, 4) is 11.6 Å². The molecule has 3 N–H and O–H groups in total. The van der Waals surface area contributed by atoms with Gasteiger partial charge in [-0.25, -0.2) is 0 Å². The molecule has 10 nitrogen and oxygen atoms in total. The molecule has 5 heterocycles. The molecule has 1 atom stereocenters. The molecular weight excluding hydrogens is 400 g/mol. The van der Waals surface area contributed by atoms with E-state index in [0.717, 1.165) is 22.5 Å². The molecule has 0 aromatic carbocycles. The van der Waals surface area contributed by atoms with Crippen LogP contribution in [0, 0.1) is 6.92 Å². The van der Waals surface area contributed by atoms with Crippen molar-refractivity contribution in [1.29, 1.82) is 0 Å². The number of hydrogen-bond acceptors (Lipinski definition) is 8. The predicted octanol–water partition coefficient (Wildman–Crippen LogP) is 1.70. The summed E-state index contributed by atoms with van der Waals surface area (Å²) >= 11 is 0. The third-order valence-corrected chi connectivity index (χ3v) is 5.27. The first-order valence-corrected chi connectivity index (χ1v) is 10.1. The van der Waals surface area contributed by atoms with Crippen LogP contribution in [0.5, 0.6) is 0 Å². The van der Waals surface area contributed by atoms with Crippen molar-refractivity contribution < 1.29 is 23.8 Å². The number of hydrogen-bond donors (Lipinski definition) is 2. The van der Waals surface area contributed by atoms with Gasteiger partial charge in [0.2, 0.25) is 17.5 Å². The van der Waals surface area contributed by atoms with Crippen LogP contribution in [-0.4, -0.2) is 44.1 Å². The molecular formula is C21H23N6O4+. The summed E-state index contributed by atoms with van der Waals surface area (Å²) in [6.07, 6.45) is 3.02. The van der Waals surface area contributed by atoms with Crippen LogP contribution < -0.4 is 10.5 Å². The fourth-order valence-corrected chi connectivity index (χ4v) is 3.66. The van der Waals surface area contributed by atoms with Crippen LogP contribution in [0.15, 0.2) is 40.9 Å². The highest BCUT2D eigenvalue weighted by Gasteiger charge is 2.23. The standard InChI is InChI=1S/C21H23N6O4/c1-13-5-6-18(31-13)20-25-21(22)24-19-14(10-23-26(19)20)9-15-3-2-4-16(27(15)28)11-30-17-7-8-29-12-17/h2-6,10,17,28H,7-9,11-12H2,1H3,(H2,22,24)/q+1/t17-/m0/s1. The molecule has 0 unspecified atom stereocenters. The van der Waals surface area contributed by atoms with Crippen LogP contribution >= 0.6 is 0 Å². The zero-order valence-electron chi connectivity index (χ0n) is 17.1. The first kappa shape index (κ1) is 19.5. The molecule has 0 saturated carbocycles. The minimum Gasteiger partial charge on any atom is -0.458 e. The van der Waals surface area contributed by atoms with Crippen LogP contribution in [0.3, 0.4) is 0 Å². The smallest absolute Gasteiger partial charge is 0.259 e. The summed E-state index contributed by atoms with van der Waals surface area (Å²) in [5.74, 6) is 1.91. The van der Waals surface area contributed by atoms with E-state index in [-0.39, 0.29) is 12.1 Å². The minimum atomic E-state index is 0.0617. The molecule has 0 radical (unpaired) electrons. The third kappa shape index (κ3) is 3.82. The zero-order chi connectivity index (χ0) is 21.4. The van der Waals surface area contributed by atoms with E-state index < -0.39 is 0 Å². The Morgan fingerprint density at radius 3 is 2.90 bits per heavy atom. The number of aromatic nitrogens is 5. The molecule has 0 bridgehead atoms. The Balaban J connectivity index is 1.44. The molecule has 0 spiro atoms. The highest BCUT2D eigenvalue weighted by Crippen LogP contribution is 2.23. The number of fused-ring (bicyclic) bond motifs is 1. The van der Waals surface area contributed by atoms with Gasteiger partial charge in [-0.3, -0.25) is 5.21 Å². The molecule has 160 valence electrons. The van der Waals surface area contributed by atoms with E-state index in [1.807, 2.05) is 37.3 Å². The normalized spacial score (nSPS) is 16.4. The van der Waals surface area contributed by atoms with Crippen LogP contribution in [0.1, 0.15) is 29.1 Å². The zero-order valence-corrected chi connectivity index (χ0v) is 17.1. The molecule has 0 aliphatic carbocycles. The van der Waals surface area contributed by atoms with E-state index in [9.17, 15) is 5.21 Å². The third-order valence-electron chi connectivity index (χ3n) is 5.27. The van der Waals surface area contributed by atoms with Crippen molar-refractivity contribution in [3.05, 3.63) is 59.2 Å². The molecule has 0 amide bonds. The van der Waals surface area contributed by atoms with Gasteiger partial charge in [0.05, 0.1) is 25.3 Å². The number of ether oxygens (including phenoxy) is 2. The predicted molar refractivity (Wildman–Crippen MR) is 108 cm³/mol. The molecule has 4 aromatic rings. The highest BCUT2D eigenvalue weighted by atomic mass is 16.5. The molecule has 1 fully saturated rings. The van der Waals surface area contributed by atoms with Crippen LogP contribution in [0.2, 0.25) is 0 Å². The highest BCUT2D eigenvalue weighted by molar-refractivity contribution is 5.59. The van der Waals surface area contributed by atoms with Crippen molar-refractivity contribution in [1.82, 2.24) is 19.6 Å². The lowest BCUT2D eigenvalue weighted by molar-refractivity contribution is -0.915. The van der Waals surface area contributed by atoms with Crippen LogP contribution in [-0.2, 0) is 22.5 Å². The van der Waals surface area contributed by atoms with Gasteiger partial charge in [0, 0.05) is 29.0 Å². The van der Waals surface area contributed by atoms with Crippen molar-refractivity contribution in [3.63, 3.8) is 0 Å². The van der Waals surface area contributed by atoms with Crippen molar-refractivity contribution in [2.45, 2.75) is 32.5 Å². The largest absolute Gasteiger partial charge is 0.458 e. The van der Waals surface area contributed by atoms with E-state index in [1.54, 1.807) is 10.7 Å². The fraction of sp³-hybridized carbons (Fsp3) is 0.333. The van der Waals surface area contributed by atoms with Gasteiger partial charge in [0.25, 0.3) is 5.69 Å². The average Bonchev–Trinajstić information content (AvgIpc) is 3.50. The Labute approximate surface area is 177 Å². The van der Waals surface area contributed by atoms with E-state index in [4.69, 9.17) is 19.6 Å². The maximum absolute atomic E-state index is 10.7. The van der Waals surface area contributed by atoms with Gasteiger partial charge in [-0.1, -0.05) is 0 Å². The first-order valence-electron chi connectivity index (χ1n) is 10.1. The fourth-order valence-electron chi connectivity index (χ4n) is 3.66. The van der Waals surface area contributed by atoms with Crippen LogP contribution in [0.25, 0.3) is 17.2 Å². The summed E-state index contributed by atoms with van der Waals surface area (Å²) < 4.78 is 19.6. The van der Waals surface area contributed by atoms with Gasteiger partial charge in [0.1, 0.15) is 12.4 Å². The number of rotatable bonds is 6.